The molecule has 1 unspecified atom stereocenters. The van der Waals surface area contributed by atoms with E-state index in [2.05, 4.69) is 22.6 Å². The highest BCUT2D eigenvalue weighted by Gasteiger charge is 2.31. The lowest BCUT2D eigenvalue weighted by Gasteiger charge is -2.16. The van der Waals surface area contributed by atoms with Crippen LogP contribution in [0.5, 0.6) is 0 Å². The van der Waals surface area contributed by atoms with Gasteiger partial charge in [-0.1, -0.05) is 12.1 Å². The molecular formula is C12H12INO3. The van der Waals surface area contributed by atoms with Crippen LogP contribution in [0.15, 0.2) is 24.3 Å². The molecule has 1 aliphatic rings. The maximum atomic E-state index is 12.2. The molecule has 1 heterocycles. The quantitative estimate of drug-likeness (QED) is 0.833. The molecule has 0 aromatic heterocycles. The molecule has 1 aromatic rings. The van der Waals surface area contributed by atoms with E-state index in [-0.39, 0.29) is 5.91 Å². The number of hydrogen-bond acceptors (Lipinski definition) is 2. The number of halogens is 1. The van der Waals surface area contributed by atoms with Gasteiger partial charge in [-0.2, -0.15) is 0 Å². The Bertz CT molecular complexity index is 461. The number of benzene rings is 1. The molecule has 4 nitrogen and oxygen atoms in total. The first-order valence-electron chi connectivity index (χ1n) is 5.36. The molecule has 0 bridgehead atoms. The summed E-state index contributed by atoms with van der Waals surface area (Å²) < 4.78 is 0.897. The van der Waals surface area contributed by atoms with Crippen molar-refractivity contribution in [3.05, 3.63) is 33.4 Å². The smallest absolute Gasteiger partial charge is 0.308 e. The minimum absolute atomic E-state index is 0.0706. The number of amides is 1. The van der Waals surface area contributed by atoms with Crippen LogP contribution in [0, 0.1) is 9.49 Å². The highest BCUT2D eigenvalue weighted by atomic mass is 127. The van der Waals surface area contributed by atoms with Crippen LogP contribution in [0.1, 0.15) is 16.8 Å². The molecule has 0 radical (unpaired) electrons. The van der Waals surface area contributed by atoms with E-state index in [0.717, 1.165) is 3.57 Å². The van der Waals surface area contributed by atoms with Crippen LogP contribution in [0.4, 0.5) is 0 Å². The van der Waals surface area contributed by atoms with Gasteiger partial charge in [-0.05, 0) is 41.1 Å². The van der Waals surface area contributed by atoms with Crippen LogP contribution < -0.4 is 0 Å². The van der Waals surface area contributed by atoms with E-state index < -0.39 is 11.9 Å². The molecule has 5 heteroatoms. The van der Waals surface area contributed by atoms with Crippen LogP contribution in [0.2, 0.25) is 0 Å². The summed E-state index contributed by atoms with van der Waals surface area (Å²) in [5, 5.41) is 8.90. The molecule has 1 fully saturated rings. The zero-order valence-electron chi connectivity index (χ0n) is 9.10. The van der Waals surface area contributed by atoms with E-state index in [0.29, 0.717) is 25.1 Å². The van der Waals surface area contributed by atoms with Gasteiger partial charge in [0.2, 0.25) is 0 Å². The van der Waals surface area contributed by atoms with Crippen LogP contribution >= 0.6 is 22.6 Å². The van der Waals surface area contributed by atoms with Gasteiger partial charge in [0.25, 0.3) is 5.91 Å². The number of carbonyl (C=O) groups is 2. The maximum absolute atomic E-state index is 12.2. The molecule has 1 aromatic carbocycles. The molecule has 0 spiro atoms. The first-order chi connectivity index (χ1) is 8.09. The fourth-order valence-corrected chi connectivity index (χ4v) is 2.57. The van der Waals surface area contributed by atoms with Crippen molar-refractivity contribution >= 4 is 34.5 Å². The summed E-state index contributed by atoms with van der Waals surface area (Å²) in [7, 11) is 0. The summed E-state index contributed by atoms with van der Waals surface area (Å²) >= 11 is 2.12. The molecule has 1 aliphatic heterocycles. The van der Waals surface area contributed by atoms with Crippen molar-refractivity contribution < 1.29 is 14.7 Å². The number of hydrogen-bond donors (Lipinski definition) is 1. The van der Waals surface area contributed by atoms with E-state index in [1.165, 1.54) is 0 Å². The second-order valence-corrected chi connectivity index (χ2v) is 5.22. The molecule has 1 N–H and O–H groups in total. The molecule has 1 amide bonds. The Kier molecular flexibility index (Phi) is 3.66. The zero-order valence-corrected chi connectivity index (χ0v) is 11.3. The lowest BCUT2D eigenvalue weighted by Crippen LogP contribution is -2.30. The fraction of sp³-hybridized carbons (Fsp3) is 0.333. The summed E-state index contributed by atoms with van der Waals surface area (Å²) in [6, 6.07) is 7.35. The summed E-state index contributed by atoms with van der Waals surface area (Å²) in [4.78, 5) is 24.6. The predicted octanol–water partition coefficient (Wildman–Crippen LogP) is 1.84. The summed E-state index contributed by atoms with van der Waals surface area (Å²) in [5.74, 6) is -1.30. The van der Waals surface area contributed by atoms with Crippen molar-refractivity contribution in [1.29, 1.82) is 0 Å². The molecule has 17 heavy (non-hydrogen) atoms. The van der Waals surface area contributed by atoms with Crippen molar-refractivity contribution in [3.63, 3.8) is 0 Å². The Morgan fingerprint density at radius 1 is 1.35 bits per heavy atom. The van der Waals surface area contributed by atoms with Gasteiger partial charge in [0, 0.05) is 16.7 Å². The van der Waals surface area contributed by atoms with Gasteiger partial charge < -0.3 is 10.0 Å². The largest absolute Gasteiger partial charge is 0.481 e. The molecule has 1 saturated heterocycles. The number of carboxylic acid groups (broad SMARTS) is 1. The van der Waals surface area contributed by atoms with Crippen LogP contribution in [-0.4, -0.2) is 35.0 Å². The Morgan fingerprint density at radius 2 is 2.06 bits per heavy atom. The third kappa shape index (κ3) is 2.59. The normalized spacial score (nSPS) is 19.4. The monoisotopic (exact) mass is 345 g/mol. The fourth-order valence-electron chi connectivity index (χ4n) is 1.95. The van der Waals surface area contributed by atoms with Gasteiger partial charge in [0.1, 0.15) is 0 Å². The van der Waals surface area contributed by atoms with Gasteiger partial charge in [0.15, 0.2) is 0 Å². The van der Waals surface area contributed by atoms with E-state index in [1.54, 1.807) is 11.0 Å². The minimum atomic E-state index is -0.817. The second-order valence-electron chi connectivity index (χ2n) is 4.05. The summed E-state index contributed by atoms with van der Waals surface area (Å²) in [6.07, 6.45) is 0.546. The number of carboxylic acids is 1. The first-order valence-corrected chi connectivity index (χ1v) is 6.44. The minimum Gasteiger partial charge on any atom is -0.481 e. The molecule has 0 aliphatic carbocycles. The summed E-state index contributed by atoms with van der Waals surface area (Å²) in [5.41, 5.74) is 0.652. The van der Waals surface area contributed by atoms with Gasteiger partial charge in [-0.15, -0.1) is 0 Å². The second kappa shape index (κ2) is 5.03. The van der Waals surface area contributed by atoms with E-state index in [1.807, 2.05) is 18.2 Å². The summed E-state index contributed by atoms with van der Waals surface area (Å²) in [6.45, 7) is 0.847. The molecule has 2 rings (SSSR count). The number of rotatable bonds is 2. The van der Waals surface area contributed by atoms with Crippen LogP contribution in [0.25, 0.3) is 0 Å². The standard InChI is InChI=1S/C12H12INO3/c13-10-4-2-1-3-9(10)11(15)14-6-5-8(7-14)12(16)17/h1-4,8H,5-7H2,(H,16,17). The van der Waals surface area contributed by atoms with E-state index >= 15 is 0 Å². The van der Waals surface area contributed by atoms with Crippen LogP contribution in [-0.2, 0) is 4.79 Å². The molecule has 0 saturated carbocycles. The van der Waals surface area contributed by atoms with Gasteiger partial charge in [-0.25, -0.2) is 0 Å². The average Bonchev–Trinajstić information content (AvgIpc) is 2.78. The Labute approximate surface area is 113 Å². The zero-order chi connectivity index (χ0) is 12.4. The third-order valence-corrected chi connectivity index (χ3v) is 3.87. The van der Waals surface area contributed by atoms with Crippen molar-refractivity contribution in [2.45, 2.75) is 6.42 Å². The highest BCUT2D eigenvalue weighted by molar-refractivity contribution is 14.1. The Morgan fingerprint density at radius 3 is 2.65 bits per heavy atom. The first kappa shape index (κ1) is 12.3. The van der Waals surface area contributed by atoms with Crippen molar-refractivity contribution in [3.8, 4) is 0 Å². The van der Waals surface area contributed by atoms with E-state index in [9.17, 15) is 9.59 Å². The third-order valence-electron chi connectivity index (χ3n) is 2.93. The predicted molar refractivity (Wildman–Crippen MR) is 70.8 cm³/mol. The van der Waals surface area contributed by atoms with Crippen molar-refractivity contribution in [2.24, 2.45) is 5.92 Å². The average molecular weight is 345 g/mol. The SMILES string of the molecule is O=C(O)C1CCN(C(=O)c2ccccc2I)C1. The number of nitrogens with zero attached hydrogens (tertiary/aromatic N) is 1. The topological polar surface area (TPSA) is 57.6 Å². The molecular weight excluding hydrogens is 333 g/mol. The van der Waals surface area contributed by atoms with Crippen LogP contribution in [0.3, 0.4) is 0 Å². The Hall–Kier alpha value is -1.11. The van der Waals surface area contributed by atoms with Gasteiger partial charge in [-0.3, -0.25) is 9.59 Å². The molecule has 1 atom stereocenters. The lowest BCUT2D eigenvalue weighted by atomic mass is 10.1. The maximum Gasteiger partial charge on any atom is 0.308 e. The Balaban J connectivity index is 2.13. The van der Waals surface area contributed by atoms with Crippen molar-refractivity contribution in [1.82, 2.24) is 4.90 Å². The van der Waals surface area contributed by atoms with E-state index in [4.69, 9.17) is 5.11 Å². The van der Waals surface area contributed by atoms with Crippen molar-refractivity contribution in [2.75, 3.05) is 13.1 Å². The highest BCUT2D eigenvalue weighted by Crippen LogP contribution is 2.21. The number of likely N-dealkylation sites (tertiary alicyclic amines) is 1. The lowest BCUT2D eigenvalue weighted by molar-refractivity contribution is -0.141. The van der Waals surface area contributed by atoms with Gasteiger partial charge in [0.05, 0.1) is 11.5 Å². The number of carbonyl (C=O) groups excluding carboxylic acids is 1. The molecule has 90 valence electrons. The number of aliphatic carboxylic acids is 1. The van der Waals surface area contributed by atoms with Gasteiger partial charge >= 0.3 is 5.97 Å².